The monoisotopic (exact) mass is 250 g/mol. The topological polar surface area (TPSA) is 41.1 Å². The molecule has 2 N–H and O–H groups in total. The molecule has 98 valence electrons. The first kappa shape index (κ1) is 13.0. The third-order valence-corrected chi connectivity index (χ3v) is 3.55. The molecule has 1 aromatic rings. The summed E-state index contributed by atoms with van der Waals surface area (Å²) in [6, 6.07) is 4.75. The fourth-order valence-corrected chi connectivity index (χ4v) is 2.19. The summed E-state index contributed by atoms with van der Waals surface area (Å²) in [7, 11) is 0. The van der Waals surface area contributed by atoms with Crippen molar-refractivity contribution in [2.75, 3.05) is 11.9 Å². The number of nitrogens with one attached hydrogen (secondary N) is 2. The molecule has 0 bridgehead atoms. The lowest BCUT2D eigenvalue weighted by Gasteiger charge is -2.33. The van der Waals surface area contributed by atoms with Gasteiger partial charge in [0.1, 0.15) is 5.82 Å². The van der Waals surface area contributed by atoms with E-state index < -0.39 is 5.54 Å². The van der Waals surface area contributed by atoms with Crippen LogP contribution in [0.3, 0.4) is 0 Å². The van der Waals surface area contributed by atoms with Crippen molar-refractivity contribution >= 4 is 11.6 Å². The van der Waals surface area contributed by atoms with Crippen LogP contribution in [0.5, 0.6) is 0 Å². The van der Waals surface area contributed by atoms with Crippen LogP contribution in [0.1, 0.15) is 31.7 Å². The van der Waals surface area contributed by atoms with Crippen LogP contribution in [0.2, 0.25) is 0 Å². The normalized spacial score (nSPS) is 23.7. The molecule has 0 aromatic heterocycles. The molecule has 4 heteroatoms. The second-order valence-corrected chi connectivity index (χ2v) is 5.13. The molecule has 2 rings (SSSR count). The summed E-state index contributed by atoms with van der Waals surface area (Å²) in [5.41, 5.74) is 0.547. The van der Waals surface area contributed by atoms with E-state index in [9.17, 15) is 9.18 Å². The molecule has 1 aliphatic heterocycles. The van der Waals surface area contributed by atoms with Gasteiger partial charge in [-0.05, 0) is 57.4 Å². The zero-order valence-corrected chi connectivity index (χ0v) is 10.8. The van der Waals surface area contributed by atoms with E-state index in [0.717, 1.165) is 25.8 Å². The number of aryl methyl sites for hydroxylation is 1. The lowest BCUT2D eigenvalue weighted by molar-refractivity contribution is -0.122. The number of hydrogen-bond acceptors (Lipinski definition) is 2. The Morgan fingerprint density at radius 1 is 1.44 bits per heavy atom. The van der Waals surface area contributed by atoms with Crippen LogP contribution in [0.15, 0.2) is 18.2 Å². The molecule has 0 spiro atoms. The molecule has 0 aliphatic carbocycles. The van der Waals surface area contributed by atoms with Crippen molar-refractivity contribution < 1.29 is 9.18 Å². The van der Waals surface area contributed by atoms with Crippen molar-refractivity contribution in [3.8, 4) is 0 Å². The summed E-state index contributed by atoms with van der Waals surface area (Å²) in [5.74, 6) is -0.389. The van der Waals surface area contributed by atoms with Crippen molar-refractivity contribution in [2.24, 2.45) is 0 Å². The number of benzene rings is 1. The van der Waals surface area contributed by atoms with E-state index in [-0.39, 0.29) is 11.7 Å². The van der Waals surface area contributed by atoms with Gasteiger partial charge in [0.25, 0.3) is 0 Å². The number of hydrogen-bond donors (Lipinski definition) is 2. The molecule has 1 aromatic carbocycles. The maximum Gasteiger partial charge on any atom is 0.244 e. The van der Waals surface area contributed by atoms with E-state index in [1.54, 1.807) is 19.1 Å². The van der Waals surface area contributed by atoms with E-state index in [1.807, 2.05) is 6.92 Å². The zero-order chi connectivity index (χ0) is 13.2. The van der Waals surface area contributed by atoms with Crippen LogP contribution in [0, 0.1) is 12.7 Å². The fourth-order valence-electron chi connectivity index (χ4n) is 2.19. The SMILES string of the molecule is Cc1ccc(NC(=O)C2(C)CCCCN2)cc1F. The Hall–Kier alpha value is -1.42. The predicted octanol–water partition coefficient (Wildman–Crippen LogP) is 2.60. The molecular formula is C14H19FN2O. The molecule has 0 radical (unpaired) electrons. The van der Waals surface area contributed by atoms with Crippen LogP contribution in [-0.2, 0) is 4.79 Å². The van der Waals surface area contributed by atoms with E-state index in [4.69, 9.17) is 0 Å². The molecule has 1 amide bonds. The third-order valence-electron chi connectivity index (χ3n) is 3.55. The fraction of sp³-hybridized carbons (Fsp3) is 0.500. The number of anilines is 1. The van der Waals surface area contributed by atoms with E-state index >= 15 is 0 Å². The van der Waals surface area contributed by atoms with Gasteiger partial charge in [0.05, 0.1) is 5.54 Å². The molecule has 1 atom stereocenters. The number of carbonyl (C=O) groups is 1. The maximum absolute atomic E-state index is 13.4. The van der Waals surface area contributed by atoms with Gasteiger partial charge in [0.15, 0.2) is 0 Å². The minimum atomic E-state index is -0.542. The van der Waals surface area contributed by atoms with Gasteiger partial charge in [-0.15, -0.1) is 0 Å². The average molecular weight is 250 g/mol. The smallest absolute Gasteiger partial charge is 0.244 e. The van der Waals surface area contributed by atoms with Crippen LogP contribution < -0.4 is 10.6 Å². The summed E-state index contributed by atoms with van der Waals surface area (Å²) in [6.45, 7) is 4.45. The summed E-state index contributed by atoms with van der Waals surface area (Å²) in [4.78, 5) is 12.2. The van der Waals surface area contributed by atoms with Gasteiger partial charge in [0.2, 0.25) is 5.91 Å². The number of halogens is 1. The molecule has 18 heavy (non-hydrogen) atoms. The second-order valence-electron chi connectivity index (χ2n) is 5.13. The maximum atomic E-state index is 13.4. The molecule has 1 heterocycles. The first-order chi connectivity index (χ1) is 8.51. The van der Waals surface area contributed by atoms with Crippen molar-refractivity contribution in [3.63, 3.8) is 0 Å². The largest absolute Gasteiger partial charge is 0.324 e. The number of piperidine rings is 1. The average Bonchev–Trinajstić information content (AvgIpc) is 2.35. The Kier molecular flexibility index (Phi) is 3.66. The zero-order valence-electron chi connectivity index (χ0n) is 10.8. The summed E-state index contributed by atoms with van der Waals surface area (Å²) in [6.07, 6.45) is 2.95. The quantitative estimate of drug-likeness (QED) is 0.847. The van der Waals surface area contributed by atoms with Gasteiger partial charge < -0.3 is 10.6 Å². The molecule has 1 fully saturated rings. The van der Waals surface area contributed by atoms with Gasteiger partial charge in [-0.25, -0.2) is 4.39 Å². The van der Waals surface area contributed by atoms with Gasteiger partial charge >= 0.3 is 0 Å². The summed E-state index contributed by atoms with van der Waals surface area (Å²) in [5, 5.41) is 6.01. The summed E-state index contributed by atoms with van der Waals surface area (Å²) >= 11 is 0. The number of amides is 1. The van der Waals surface area contributed by atoms with Crippen LogP contribution in [-0.4, -0.2) is 18.0 Å². The van der Waals surface area contributed by atoms with Crippen molar-refractivity contribution in [2.45, 2.75) is 38.6 Å². The van der Waals surface area contributed by atoms with Crippen LogP contribution in [0.25, 0.3) is 0 Å². The minimum absolute atomic E-state index is 0.0922. The first-order valence-electron chi connectivity index (χ1n) is 6.34. The Labute approximate surface area is 107 Å². The van der Waals surface area contributed by atoms with Crippen molar-refractivity contribution in [3.05, 3.63) is 29.6 Å². The van der Waals surface area contributed by atoms with Gasteiger partial charge in [-0.3, -0.25) is 4.79 Å². The Morgan fingerprint density at radius 2 is 2.22 bits per heavy atom. The van der Waals surface area contributed by atoms with Gasteiger partial charge in [-0.1, -0.05) is 6.07 Å². The predicted molar refractivity (Wildman–Crippen MR) is 70.0 cm³/mol. The van der Waals surface area contributed by atoms with Gasteiger partial charge in [-0.2, -0.15) is 0 Å². The van der Waals surface area contributed by atoms with Crippen LogP contribution in [0.4, 0.5) is 10.1 Å². The van der Waals surface area contributed by atoms with E-state index in [2.05, 4.69) is 10.6 Å². The van der Waals surface area contributed by atoms with Crippen molar-refractivity contribution in [1.29, 1.82) is 0 Å². The summed E-state index contributed by atoms with van der Waals surface area (Å²) < 4.78 is 13.4. The molecule has 1 unspecified atom stereocenters. The first-order valence-corrected chi connectivity index (χ1v) is 6.34. The number of carbonyl (C=O) groups excluding carboxylic acids is 1. The standard InChI is InChI=1S/C14H19FN2O/c1-10-5-6-11(9-12(10)15)17-13(18)14(2)7-3-4-8-16-14/h5-6,9,16H,3-4,7-8H2,1-2H3,(H,17,18). The van der Waals surface area contributed by atoms with Crippen molar-refractivity contribution in [1.82, 2.24) is 5.32 Å². The lowest BCUT2D eigenvalue weighted by atomic mass is 9.90. The third kappa shape index (κ3) is 2.70. The lowest BCUT2D eigenvalue weighted by Crippen LogP contribution is -2.54. The highest BCUT2D eigenvalue weighted by molar-refractivity contribution is 5.97. The molecule has 1 aliphatic rings. The van der Waals surface area contributed by atoms with Gasteiger partial charge in [0, 0.05) is 5.69 Å². The Morgan fingerprint density at radius 3 is 2.83 bits per heavy atom. The highest BCUT2D eigenvalue weighted by atomic mass is 19.1. The highest BCUT2D eigenvalue weighted by Gasteiger charge is 2.34. The molecule has 3 nitrogen and oxygen atoms in total. The van der Waals surface area contributed by atoms with E-state index in [1.165, 1.54) is 6.07 Å². The molecule has 0 saturated carbocycles. The molecular weight excluding hydrogens is 231 g/mol. The Bertz CT molecular complexity index is 453. The molecule has 1 saturated heterocycles. The highest BCUT2D eigenvalue weighted by Crippen LogP contribution is 2.21. The number of rotatable bonds is 2. The Balaban J connectivity index is 2.08. The minimum Gasteiger partial charge on any atom is -0.324 e. The second kappa shape index (κ2) is 5.06. The van der Waals surface area contributed by atoms with E-state index in [0.29, 0.717) is 11.3 Å². The van der Waals surface area contributed by atoms with Crippen LogP contribution >= 0.6 is 0 Å².